The maximum Gasteiger partial charge on any atom is 0.159 e. The minimum absolute atomic E-state index is 0.263. The fourth-order valence-corrected chi connectivity index (χ4v) is 7.22. The summed E-state index contributed by atoms with van der Waals surface area (Å²) in [6, 6.07) is 59.2. The third-order valence-corrected chi connectivity index (χ3v) is 9.66. The molecule has 3 heterocycles. The SMILES string of the molecule is c1ccc(C2=NC(c3ccc4c(c3)oc3cc5c6ccccc6n(-c6ccc(-c7ccccc7)cc6)c5cc34)=NC(c3ccccc3)N2)cc1. The molecule has 2 aromatic heterocycles. The molecule has 0 fully saturated rings. The molecule has 1 N–H and O–H groups in total. The zero-order chi connectivity index (χ0) is 33.0. The van der Waals surface area contributed by atoms with E-state index >= 15 is 0 Å². The van der Waals surface area contributed by atoms with Crippen LogP contribution in [0, 0.1) is 0 Å². The summed E-state index contributed by atoms with van der Waals surface area (Å²) in [5.41, 5.74) is 10.5. The molecule has 5 heteroatoms. The molecule has 236 valence electrons. The zero-order valence-corrected chi connectivity index (χ0v) is 27.0. The molecular weight excluding hydrogens is 613 g/mol. The molecule has 0 saturated carbocycles. The van der Waals surface area contributed by atoms with Crippen LogP contribution in [-0.4, -0.2) is 16.2 Å². The molecule has 0 saturated heterocycles. The lowest BCUT2D eigenvalue weighted by molar-refractivity contribution is 0.668. The highest BCUT2D eigenvalue weighted by atomic mass is 16.3. The van der Waals surface area contributed by atoms with E-state index in [1.165, 1.54) is 16.5 Å². The molecule has 0 amide bonds. The van der Waals surface area contributed by atoms with E-state index in [9.17, 15) is 0 Å². The van der Waals surface area contributed by atoms with E-state index in [2.05, 4.69) is 143 Å². The summed E-state index contributed by atoms with van der Waals surface area (Å²) in [6.45, 7) is 0. The number of rotatable bonds is 5. The fourth-order valence-electron chi connectivity index (χ4n) is 7.22. The van der Waals surface area contributed by atoms with Crippen LogP contribution < -0.4 is 5.32 Å². The van der Waals surface area contributed by atoms with Crippen LogP contribution in [0.2, 0.25) is 0 Å². The minimum Gasteiger partial charge on any atom is -0.456 e. The Hall–Kier alpha value is -6.72. The van der Waals surface area contributed by atoms with Crippen molar-refractivity contribution in [2.45, 2.75) is 6.17 Å². The number of nitrogens with one attached hydrogen (secondary N) is 1. The molecular formula is C45H30N4O. The van der Waals surface area contributed by atoms with Crippen LogP contribution in [0.1, 0.15) is 22.9 Å². The molecule has 7 aromatic carbocycles. The van der Waals surface area contributed by atoms with Crippen molar-refractivity contribution >= 4 is 55.4 Å². The van der Waals surface area contributed by atoms with Crippen LogP contribution in [0.4, 0.5) is 0 Å². The molecule has 10 rings (SSSR count). The molecule has 0 radical (unpaired) electrons. The van der Waals surface area contributed by atoms with Crippen molar-refractivity contribution in [1.29, 1.82) is 0 Å². The molecule has 1 aliphatic rings. The molecule has 1 unspecified atom stereocenters. The van der Waals surface area contributed by atoms with E-state index < -0.39 is 0 Å². The van der Waals surface area contributed by atoms with Gasteiger partial charge in [0, 0.05) is 38.4 Å². The number of hydrogen-bond donors (Lipinski definition) is 1. The predicted molar refractivity (Wildman–Crippen MR) is 205 cm³/mol. The summed E-state index contributed by atoms with van der Waals surface area (Å²) in [4.78, 5) is 10.1. The minimum atomic E-state index is -0.263. The normalized spacial score (nSPS) is 14.6. The van der Waals surface area contributed by atoms with Crippen LogP contribution in [-0.2, 0) is 0 Å². The second-order valence-electron chi connectivity index (χ2n) is 12.7. The van der Waals surface area contributed by atoms with Crippen molar-refractivity contribution < 1.29 is 4.42 Å². The number of aromatic nitrogens is 1. The average molecular weight is 643 g/mol. The first-order valence-electron chi connectivity index (χ1n) is 16.9. The van der Waals surface area contributed by atoms with Crippen molar-refractivity contribution in [2.24, 2.45) is 9.98 Å². The first kappa shape index (κ1) is 28.3. The quantitative estimate of drug-likeness (QED) is 0.203. The van der Waals surface area contributed by atoms with E-state index in [1.54, 1.807) is 0 Å². The van der Waals surface area contributed by atoms with Gasteiger partial charge in [-0.05, 0) is 59.2 Å². The third kappa shape index (κ3) is 4.71. The number of fused-ring (bicyclic) bond motifs is 6. The van der Waals surface area contributed by atoms with Crippen LogP contribution in [0.3, 0.4) is 0 Å². The molecule has 1 atom stereocenters. The number of hydrogen-bond acceptors (Lipinski definition) is 4. The van der Waals surface area contributed by atoms with Gasteiger partial charge in [0.25, 0.3) is 0 Å². The van der Waals surface area contributed by atoms with Crippen molar-refractivity contribution in [3.8, 4) is 16.8 Å². The van der Waals surface area contributed by atoms with E-state index in [1.807, 2.05) is 36.4 Å². The highest BCUT2D eigenvalue weighted by Crippen LogP contribution is 2.39. The largest absolute Gasteiger partial charge is 0.456 e. The average Bonchev–Trinajstić information content (AvgIpc) is 3.72. The Morgan fingerprint density at radius 2 is 1.12 bits per heavy atom. The Morgan fingerprint density at radius 3 is 1.90 bits per heavy atom. The standard InChI is InChI=1S/C45H30N4O/c1-4-12-29(13-5-1)30-20-23-34(24-21-30)49-39-19-11-10-18-35(39)37-28-42-38(27-40(37)49)36-25-22-33(26-41(36)50-42)45-47-43(31-14-6-2-7-15-31)46-44(48-45)32-16-8-3-9-17-32/h1-28,43H,(H,46,47,48). The van der Waals surface area contributed by atoms with Gasteiger partial charge in [-0.15, -0.1) is 0 Å². The van der Waals surface area contributed by atoms with Gasteiger partial charge >= 0.3 is 0 Å². The Kier molecular flexibility index (Phi) is 6.49. The lowest BCUT2D eigenvalue weighted by Gasteiger charge is -2.23. The Bertz CT molecular complexity index is 2760. The topological polar surface area (TPSA) is 54.8 Å². The van der Waals surface area contributed by atoms with Gasteiger partial charge in [-0.3, -0.25) is 0 Å². The zero-order valence-electron chi connectivity index (χ0n) is 27.0. The van der Waals surface area contributed by atoms with Gasteiger partial charge in [0.05, 0.1) is 11.0 Å². The van der Waals surface area contributed by atoms with Gasteiger partial charge in [-0.2, -0.15) is 0 Å². The molecule has 0 aliphatic carbocycles. The summed E-state index contributed by atoms with van der Waals surface area (Å²) in [6.07, 6.45) is -0.263. The molecule has 0 spiro atoms. The van der Waals surface area contributed by atoms with Crippen molar-refractivity contribution in [3.63, 3.8) is 0 Å². The maximum absolute atomic E-state index is 6.62. The van der Waals surface area contributed by atoms with E-state index in [0.29, 0.717) is 5.84 Å². The number of benzene rings is 7. The highest BCUT2D eigenvalue weighted by molar-refractivity contribution is 6.18. The second kappa shape index (κ2) is 11.5. The number of aliphatic imine (C=N–C) groups is 2. The summed E-state index contributed by atoms with van der Waals surface area (Å²) < 4.78 is 8.98. The van der Waals surface area contributed by atoms with Crippen molar-refractivity contribution in [2.75, 3.05) is 0 Å². The van der Waals surface area contributed by atoms with Crippen molar-refractivity contribution in [1.82, 2.24) is 9.88 Å². The molecule has 5 nitrogen and oxygen atoms in total. The third-order valence-electron chi connectivity index (χ3n) is 9.66. The van der Waals surface area contributed by atoms with Crippen LogP contribution >= 0.6 is 0 Å². The second-order valence-corrected chi connectivity index (χ2v) is 12.7. The monoisotopic (exact) mass is 642 g/mol. The number of furan rings is 1. The Balaban J connectivity index is 1.11. The lowest BCUT2D eigenvalue weighted by atomic mass is 10.1. The van der Waals surface area contributed by atoms with Gasteiger partial charge in [0.2, 0.25) is 0 Å². The summed E-state index contributed by atoms with van der Waals surface area (Å²) in [5, 5.41) is 8.02. The van der Waals surface area contributed by atoms with Gasteiger partial charge in [0.1, 0.15) is 23.2 Å². The maximum atomic E-state index is 6.62. The fraction of sp³-hybridized carbons (Fsp3) is 0.0222. The van der Waals surface area contributed by atoms with Gasteiger partial charge in [0.15, 0.2) is 5.84 Å². The number of para-hydroxylation sites is 1. The van der Waals surface area contributed by atoms with E-state index in [-0.39, 0.29) is 6.17 Å². The van der Waals surface area contributed by atoms with E-state index in [4.69, 9.17) is 14.4 Å². The first-order valence-corrected chi connectivity index (χ1v) is 16.9. The number of nitrogens with zero attached hydrogens (tertiary/aromatic N) is 3. The molecule has 1 aliphatic heterocycles. The first-order chi connectivity index (χ1) is 24.8. The van der Waals surface area contributed by atoms with Crippen molar-refractivity contribution in [3.05, 3.63) is 187 Å². The molecule has 9 aromatic rings. The lowest BCUT2D eigenvalue weighted by Crippen LogP contribution is -2.33. The Morgan fingerprint density at radius 1 is 0.480 bits per heavy atom. The van der Waals surface area contributed by atoms with Gasteiger partial charge < -0.3 is 14.3 Å². The Labute approximate surface area is 288 Å². The summed E-state index contributed by atoms with van der Waals surface area (Å²) >= 11 is 0. The van der Waals surface area contributed by atoms with Gasteiger partial charge in [-0.25, -0.2) is 9.98 Å². The molecule has 0 bridgehead atoms. The van der Waals surface area contributed by atoms with Crippen LogP contribution in [0.25, 0.3) is 60.6 Å². The molecule has 50 heavy (non-hydrogen) atoms. The van der Waals surface area contributed by atoms with E-state index in [0.717, 1.165) is 66.6 Å². The van der Waals surface area contributed by atoms with Crippen LogP contribution in [0.15, 0.2) is 184 Å². The number of amidine groups is 2. The summed E-state index contributed by atoms with van der Waals surface area (Å²) in [5.74, 6) is 1.46. The predicted octanol–water partition coefficient (Wildman–Crippen LogP) is 10.8. The van der Waals surface area contributed by atoms with Gasteiger partial charge in [-0.1, -0.05) is 127 Å². The highest BCUT2D eigenvalue weighted by Gasteiger charge is 2.22. The van der Waals surface area contributed by atoms with Crippen LogP contribution in [0.5, 0.6) is 0 Å². The smallest absolute Gasteiger partial charge is 0.159 e. The summed E-state index contributed by atoms with van der Waals surface area (Å²) in [7, 11) is 0.